The van der Waals surface area contributed by atoms with Crippen molar-refractivity contribution in [2.45, 2.75) is 12.8 Å². The van der Waals surface area contributed by atoms with Gasteiger partial charge in [-0.1, -0.05) is 0 Å². The van der Waals surface area contributed by atoms with Gasteiger partial charge in [-0.15, -0.1) is 11.6 Å². The van der Waals surface area contributed by atoms with Crippen molar-refractivity contribution in [1.82, 2.24) is 4.31 Å². The highest BCUT2D eigenvalue weighted by atomic mass is 35.5. The molecule has 0 N–H and O–H groups in total. The number of rotatable bonds is 7. The van der Waals surface area contributed by atoms with Crippen molar-refractivity contribution in [2.24, 2.45) is 0 Å². The number of hydrogen-bond donors (Lipinski definition) is 0. The van der Waals surface area contributed by atoms with E-state index in [0.29, 0.717) is 18.7 Å². The molecule has 0 spiro atoms. The van der Waals surface area contributed by atoms with Gasteiger partial charge in [-0.05, 0) is 12.8 Å². The molecular weight excluding hydrogens is 242 g/mol. The summed E-state index contributed by atoms with van der Waals surface area (Å²) in [6, 6.07) is 0. The van der Waals surface area contributed by atoms with Crippen LogP contribution in [0.1, 0.15) is 12.8 Å². The van der Waals surface area contributed by atoms with E-state index in [1.165, 1.54) is 14.2 Å². The van der Waals surface area contributed by atoms with Gasteiger partial charge in [0.1, 0.15) is 6.54 Å². The van der Waals surface area contributed by atoms with Crippen molar-refractivity contribution in [3.8, 4) is 0 Å². The molecule has 5 nitrogen and oxygen atoms in total. The second-order valence-electron chi connectivity index (χ2n) is 3.04. The Kier molecular flexibility index (Phi) is 6.87. The summed E-state index contributed by atoms with van der Waals surface area (Å²) in [5.41, 5.74) is 0. The molecule has 90 valence electrons. The van der Waals surface area contributed by atoms with Crippen molar-refractivity contribution in [3.63, 3.8) is 0 Å². The van der Waals surface area contributed by atoms with E-state index in [1.54, 1.807) is 0 Å². The third-order valence-electron chi connectivity index (χ3n) is 1.84. The monoisotopic (exact) mass is 257 g/mol. The lowest BCUT2D eigenvalue weighted by Crippen LogP contribution is -2.34. The minimum atomic E-state index is -3.36. The molecule has 0 saturated heterocycles. The van der Waals surface area contributed by atoms with E-state index < -0.39 is 16.0 Å². The van der Waals surface area contributed by atoms with Crippen LogP contribution in [0.5, 0.6) is 0 Å². The number of esters is 1. The highest BCUT2D eigenvalue weighted by molar-refractivity contribution is 7.89. The maximum Gasteiger partial charge on any atom is 0.320 e. The minimum Gasteiger partial charge on any atom is -0.468 e. The number of alkyl halides is 1. The number of carbonyl (C=O) groups excluding carboxylic acids is 1. The molecule has 0 atom stereocenters. The van der Waals surface area contributed by atoms with Crippen LogP contribution in [-0.2, 0) is 19.6 Å². The Morgan fingerprint density at radius 1 is 1.40 bits per heavy atom. The summed E-state index contributed by atoms with van der Waals surface area (Å²) in [6.07, 6.45) is 1.14. The molecule has 0 unspecified atom stereocenters. The second kappa shape index (κ2) is 7.03. The molecule has 0 saturated carbocycles. The van der Waals surface area contributed by atoms with Crippen molar-refractivity contribution in [2.75, 3.05) is 32.3 Å². The number of unbranched alkanes of at least 4 members (excludes halogenated alkanes) is 1. The lowest BCUT2D eigenvalue weighted by Gasteiger charge is -2.15. The van der Waals surface area contributed by atoms with Crippen LogP contribution < -0.4 is 0 Å². The number of ether oxygens (including phenoxy) is 1. The highest BCUT2D eigenvalue weighted by Gasteiger charge is 2.19. The van der Waals surface area contributed by atoms with E-state index in [1.807, 2.05) is 0 Å². The molecule has 0 aromatic rings. The molecule has 0 aromatic heterocycles. The molecule has 0 aromatic carbocycles. The second-order valence-corrected chi connectivity index (χ2v) is 5.62. The molecule has 0 radical (unpaired) electrons. The van der Waals surface area contributed by atoms with Crippen LogP contribution in [-0.4, -0.2) is 51.0 Å². The number of carbonyl (C=O) groups is 1. The summed E-state index contributed by atoms with van der Waals surface area (Å²) >= 11 is 5.43. The van der Waals surface area contributed by atoms with Crippen LogP contribution in [0.3, 0.4) is 0 Å². The number of halogens is 1. The number of nitrogens with zero attached hydrogens (tertiary/aromatic N) is 1. The molecule has 7 heteroatoms. The fraction of sp³-hybridized carbons (Fsp3) is 0.875. The fourth-order valence-electron chi connectivity index (χ4n) is 0.879. The van der Waals surface area contributed by atoms with Crippen molar-refractivity contribution in [1.29, 1.82) is 0 Å². The Morgan fingerprint density at radius 3 is 2.47 bits per heavy atom. The summed E-state index contributed by atoms with van der Waals surface area (Å²) in [7, 11) is -0.791. The van der Waals surface area contributed by atoms with Gasteiger partial charge in [-0.2, -0.15) is 4.31 Å². The quantitative estimate of drug-likeness (QED) is 0.377. The van der Waals surface area contributed by atoms with Crippen LogP contribution in [0.25, 0.3) is 0 Å². The van der Waals surface area contributed by atoms with Crippen molar-refractivity contribution in [3.05, 3.63) is 0 Å². The smallest absolute Gasteiger partial charge is 0.320 e. The third kappa shape index (κ3) is 5.96. The van der Waals surface area contributed by atoms with Gasteiger partial charge >= 0.3 is 5.97 Å². The molecule has 0 heterocycles. The Labute approximate surface area is 95.4 Å². The molecule has 0 aliphatic rings. The van der Waals surface area contributed by atoms with E-state index in [4.69, 9.17) is 11.6 Å². The maximum atomic E-state index is 11.5. The first-order chi connectivity index (χ1) is 6.94. The van der Waals surface area contributed by atoms with Crippen LogP contribution in [0.15, 0.2) is 0 Å². The summed E-state index contributed by atoms with van der Waals surface area (Å²) in [5.74, 6) is -0.123. The molecule has 0 bridgehead atoms. The first-order valence-corrected chi connectivity index (χ1v) is 6.65. The predicted molar refractivity (Wildman–Crippen MR) is 58.4 cm³/mol. The van der Waals surface area contributed by atoms with E-state index in [9.17, 15) is 13.2 Å². The van der Waals surface area contributed by atoms with Gasteiger partial charge in [0, 0.05) is 12.9 Å². The van der Waals surface area contributed by atoms with Gasteiger partial charge < -0.3 is 4.74 Å². The Morgan fingerprint density at radius 2 is 2.00 bits per heavy atom. The summed E-state index contributed by atoms with van der Waals surface area (Å²) in [5, 5.41) is 0. The van der Waals surface area contributed by atoms with E-state index in [0.717, 1.165) is 4.31 Å². The zero-order valence-corrected chi connectivity index (χ0v) is 10.5. The summed E-state index contributed by atoms with van der Waals surface area (Å²) in [6.45, 7) is -0.250. The summed E-state index contributed by atoms with van der Waals surface area (Å²) < 4.78 is 28.4. The van der Waals surface area contributed by atoms with Gasteiger partial charge in [-0.3, -0.25) is 4.79 Å². The predicted octanol–water partition coefficient (Wildman–Crippen LogP) is 0.440. The van der Waals surface area contributed by atoms with Crippen LogP contribution in [0.2, 0.25) is 0 Å². The number of hydrogen-bond acceptors (Lipinski definition) is 4. The molecule has 0 fully saturated rings. The van der Waals surface area contributed by atoms with Gasteiger partial charge in [0.25, 0.3) is 0 Å². The third-order valence-corrected chi connectivity index (χ3v) is 3.99. The number of likely N-dealkylation sites (N-methyl/N-ethyl adjacent to an activating group) is 1. The average molecular weight is 258 g/mol. The maximum absolute atomic E-state index is 11.5. The Bertz CT molecular complexity index is 291. The van der Waals surface area contributed by atoms with Crippen LogP contribution in [0, 0.1) is 0 Å². The Balaban J connectivity index is 4.14. The lowest BCUT2D eigenvalue weighted by atomic mass is 10.4. The first-order valence-electron chi connectivity index (χ1n) is 4.51. The number of methoxy groups -OCH3 is 1. The van der Waals surface area contributed by atoms with Gasteiger partial charge in [-0.25, -0.2) is 8.42 Å². The van der Waals surface area contributed by atoms with Gasteiger partial charge in [0.15, 0.2) is 0 Å². The van der Waals surface area contributed by atoms with Crippen LogP contribution >= 0.6 is 11.6 Å². The molecule has 15 heavy (non-hydrogen) atoms. The minimum absolute atomic E-state index is 0.00716. The fourth-order valence-corrected chi connectivity index (χ4v) is 2.25. The SMILES string of the molecule is COC(=O)CN(C)S(=O)(=O)CCCCCl. The van der Waals surface area contributed by atoms with Crippen molar-refractivity contribution < 1.29 is 17.9 Å². The molecule has 0 rings (SSSR count). The average Bonchev–Trinajstić information content (AvgIpc) is 2.17. The van der Waals surface area contributed by atoms with Gasteiger partial charge in [0.05, 0.1) is 12.9 Å². The topological polar surface area (TPSA) is 63.7 Å². The lowest BCUT2D eigenvalue weighted by molar-refractivity contribution is -0.140. The van der Waals surface area contributed by atoms with E-state index in [2.05, 4.69) is 4.74 Å². The van der Waals surface area contributed by atoms with E-state index in [-0.39, 0.29) is 12.3 Å². The summed E-state index contributed by atoms with van der Waals surface area (Å²) in [4.78, 5) is 10.8. The Hall–Kier alpha value is -0.330. The number of sulfonamides is 1. The molecule has 0 aliphatic heterocycles. The zero-order chi connectivity index (χ0) is 11.9. The van der Waals surface area contributed by atoms with E-state index >= 15 is 0 Å². The molecule has 0 amide bonds. The molecule has 0 aliphatic carbocycles. The first kappa shape index (κ1) is 14.7. The highest BCUT2D eigenvalue weighted by Crippen LogP contribution is 2.03. The normalized spacial score (nSPS) is 11.7. The van der Waals surface area contributed by atoms with Crippen molar-refractivity contribution >= 4 is 27.6 Å². The molecular formula is C8H16ClNO4S. The largest absolute Gasteiger partial charge is 0.468 e. The van der Waals surface area contributed by atoms with Gasteiger partial charge in [0.2, 0.25) is 10.0 Å². The standard InChI is InChI=1S/C8H16ClNO4S/c1-10(7-8(11)14-2)15(12,13)6-4-3-5-9/h3-7H2,1-2H3. The zero-order valence-electron chi connectivity index (χ0n) is 8.90. The van der Waals surface area contributed by atoms with Crippen LogP contribution in [0.4, 0.5) is 0 Å².